The first-order chi connectivity index (χ1) is 19.1. The van der Waals surface area contributed by atoms with Gasteiger partial charge in [-0.1, -0.05) is 67.4 Å². The van der Waals surface area contributed by atoms with Gasteiger partial charge in [0, 0.05) is 17.1 Å². The first-order valence-electron chi connectivity index (χ1n) is 13.2. The average molecular weight is 561 g/mol. The van der Waals surface area contributed by atoms with Crippen LogP contribution in [0.3, 0.4) is 0 Å². The fraction of sp³-hybridized carbons (Fsp3) is 0.290. The second-order valence-electron chi connectivity index (χ2n) is 10.3. The average Bonchev–Trinajstić information content (AvgIpc) is 2.90. The second-order valence-corrected chi connectivity index (χ2v) is 10.7. The van der Waals surface area contributed by atoms with Crippen LogP contribution in [0.15, 0.2) is 71.5 Å². The smallest absolute Gasteiger partial charge is 0.337 e. The maximum atomic E-state index is 13.7. The number of aromatic amines is 1. The number of hydrogen-bond acceptors (Lipinski definition) is 5. The molecule has 6 rings (SSSR count). The SMILES string of the molecule is Cc1ccc(C(=O)N(CCCN)C(C(=O)O)(c2nc3cc(Cl)ccc3c(=O)[nH]2)C(C)C)cc1.c1cc2cc(c1)C2. The molecule has 1 amide bonds. The molecular formula is C31H33ClN4O4. The molecule has 208 valence electrons. The Labute approximate surface area is 237 Å². The Morgan fingerprint density at radius 1 is 1.10 bits per heavy atom. The number of amides is 1. The van der Waals surface area contributed by atoms with Crippen molar-refractivity contribution in [2.45, 2.75) is 39.2 Å². The Morgan fingerprint density at radius 3 is 2.25 bits per heavy atom. The number of nitrogens with zero attached hydrogens (tertiary/aromatic N) is 2. The molecule has 1 atom stereocenters. The van der Waals surface area contributed by atoms with Crippen molar-refractivity contribution in [1.82, 2.24) is 14.9 Å². The van der Waals surface area contributed by atoms with Gasteiger partial charge >= 0.3 is 5.97 Å². The van der Waals surface area contributed by atoms with Gasteiger partial charge in [-0.25, -0.2) is 9.78 Å². The summed E-state index contributed by atoms with van der Waals surface area (Å²) in [6.45, 7) is 5.56. The molecule has 0 fully saturated rings. The summed E-state index contributed by atoms with van der Waals surface area (Å²) in [6.07, 6.45) is 1.58. The van der Waals surface area contributed by atoms with Gasteiger partial charge in [-0.05, 0) is 73.7 Å². The topological polar surface area (TPSA) is 129 Å². The Hall–Kier alpha value is -4.01. The minimum atomic E-state index is -1.95. The molecule has 9 heteroatoms. The number of carboxylic acid groups (broad SMARTS) is 1. The number of aliphatic carboxylic acids is 1. The van der Waals surface area contributed by atoms with E-state index in [4.69, 9.17) is 17.3 Å². The summed E-state index contributed by atoms with van der Waals surface area (Å²) in [5.74, 6) is -2.59. The largest absolute Gasteiger partial charge is 0.479 e. The molecule has 1 aromatic heterocycles. The first kappa shape index (κ1) is 29.0. The minimum absolute atomic E-state index is 0.0605. The van der Waals surface area contributed by atoms with E-state index in [0.717, 1.165) is 5.56 Å². The number of rotatable bonds is 8. The normalized spacial score (nSPS) is 13.2. The first-order valence-corrected chi connectivity index (χ1v) is 13.6. The zero-order chi connectivity index (χ0) is 29.0. The van der Waals surface area contributed by atoms with E-state index in [1.54, 1.807) is 44.2 Å². The van der Waals surface area contributed by atoms with Crippen molar-refractivity contribution in [3.8, 4) is 0 Å². The van der Waals surface area contributed by atoms with E-state index in [9.17, 15) is 19.5 Å². The van der Waals surface area contributed by atoms with Gasteiger partial charge in [0.25, 0.3) is 11.5 Å². The maximum Gasteiger partial charge on any atom is 0.337 e. The predicted octanol–water partition coefficient (Wildman–Crippen LogP) is 4.90. The minimum Gasteiger partial charge on any atom is -0.479 e. The van der Waals surface area contributed by atoms with Crippen LogP contribution in [0.2, 0.25) is 5.02 Å². The number of aryl methyl sites for hydroxylation is 1. The van der Waals surface area contributed by atoms with Crippen LogP contribution in [0.5, 0.6) is 0 Å². The molecule has 0 radical (unpaired) electrons. The van der Waals surface area contributed by atoms with Gasteiger partial charge in [0.1, 0.15) is 5.82 Å². The summed E-state index contributed by atoms with van der Waals surface area (Å²) >= 11 is 6.09. The van der Waals surface area contributed by atoms with Crippen molar-refractivity contribution in [2.24, 2.45) is 11.7 Å². The number of hydrogen-bond donors (Lipinski definition) is 3. The van der Waals surface area contributed by atoms with Crippen molar-refractivity contribution in [3.63, 3.8) is 0 Å². The third-order valence-electron chi connectivity index (χ3n) is 7.15. The quantitative estimate of drug-likeness (QED) is 0.247. The Morgan fingerprint density at radius 2 is 1.75 bits per heavy atom. The van der Waals surface area contributed by atoms with Gasteiger partial charge in [-0.15, -0.1) is 0 Å². The summed E-state index contributed by atoms with van der Waals surface area (Å²) in [7, 11) is 0. The molecule has 0 saturated carbocycles. The molecule has 0 saturated heterocycles. The molecule has 40 heavy (non-hydrogen) atoms. The fourth-order valence-electron chi connectivity index (χ4n) is 4.96. The predicted molar refractivity (Wildman–Crippen MR) is 157 cm³/mol. The van der Waals surface area contributed by atoms with Crippen molar-refractivity contribution >= 4 is 34.4 Å². The van der Waals surface area contributed by atoms with Crippen LogP contribution in [0, 0.1) is 12.8 Å². The number of benzene rings is 3. The molecule has 1 unspecified atom stereocenters. The van der Waals surface area contributed by atoms with Gasteiger partial charge in [0.15, 0.2) is 0 Å². The Bertz CT molecular complexity index is 1570. The zero-order valence-corrected chi connectivity index (χ0v) is 23.5. The number of aromatic nitrogens is 2. The van der Waals surface area contributed by atoms with E-state index >= 15 is 0 Å². The summed E-state index contributed by atoms with van der Waals surface area (Å²) in [5.41, 5.74) is 7.75. The lowest BCUT2D eigenvalue weighted by Crippen LogP contribution is -2.59. The number of H-pyrrole nitrogens is 1. The molecule has 4 N–H and O–H groups in total. The van der Waals surface area contributed by atoms with Crippen LogP contribution >= 0.6 is 11.6 Å². The lowest BCUT2D eigenvalue weighted by Gasteiger charge is -2.42. The van der Waals surface area contributed by atoms with E-state index in [0.29, 0.717) is 17.0 Å². The number of halogens is 1. The summed E-state index contributed by atoms with van der Waals surface area (Å²) in [6, 6.07) is 20.1. The van der Waals surface area contributed by atoms with E-state index in [2.05, 4.69) is 34.2 Å². The monoisotopic (exact) mass is 560 g/mol. The number of fused-ring (bicyclic) bond motifs is 3. The van der Waals surface area contributed by atoms with Crippen molar-refractivity contribution in [3.05, 3.63) is 110 Å². The molecule has 1 heterocycles. The van der Waals surface area contributed by atoms with Gasteiger partial charge in [0.2, 0.25) is 5.54 Å². The van der Waals surface area contributed by atoms with E-state index < -0.39 is 28.9 Å². The third-order valence-corrected chi connectivity index (χ3v) is 7.38. The number of carboxylic acids is 1. The second kappa shape index (κ2) is 12.0. The zero-order valence-electron chi connectivity index (χ0n) is 22.8. The number of nitrogens with two attached hydrogens (primary N) is 1. The Balaban J connectivity index is 0.000000451. The Kier molecular flexibility index (Phi) is 8.71. The summed E-state index contributed by atoms with van der Waals surface area (Å²) < 4.78 is 0. The van der Waals surface area contributed by atoms with E-state index in [1.165, 1.54) is 34.6 Å². The number of carbonyl (C=O) groups is 2. The molecule has 8 nitrogen and oxygen atoms in total. The molecule has 3 aromatic carbocycles. The molecular weight excluding hydrogens is 528 g/mol. The van der Waals surface area contributed by atoms with Gasteiger partial charge in [0.05, 0.1) is 10.9 Å². The molecule has 2 bridgehead atoms. The van der Waals surface area contributed by atoms with Gasteiger partial charge < -0.3 is 20.7 Å². The molecule has 0 spiro atoms. The summed E-state index contributed by atoms with van der Waals surface area (Å²) in [4.78, 5) is 47.9. The lowest BCUT2D eigenvalue weighted by molar-refractivity contribution is -0.155. The van der Waals surface area contributed by atoms with E-state index in [-0.39, 0.29) is 29.8 Å². The maximum absolute atomic E-state index is 13.7. The molecule has 2 aliphatic rings. The molecule has 0 aliphatic heterocycles. The van der Waals surface area contributed by atoms with Crippen LogP contribution < -0.4 is 11.3 Å². The highest BCUT2D eigenvalue weighted by Crippen LogP contribution is 2.36. The van der Waals surface area contributed by atoms with Gasteiger partial charge in [-0.3, -0.25) is 9.59 Å². The molecule has 2 aliphatic carbocycles. The highest BCUT2D eigenvalue weighted by atomic mass is 35.5. The number of nitrogens with one attached hydrogen (secondary N) is 1. The third kappa shape index (κ3) is 5.64. The van der Waals surface area contributed by atoms with Crippen molar-refractivity contribution < 1.29 is 14.7 Å². The highest BCUT2D eigenvalue weighted by Gasteiger charge is 2.53. The van der Waals surface area contributed by atoms with E-state index in [1.807, 2.05) is 6.92 Å². The standard InChI is InChI=1S/C24H27ClN4O4.C7H6/c1-14(2)24(23(32)33,22-27-19-13-17(25)9-10-18(19)20(30)28-22)29(12-4-11-26)21(31)16-7-5-15(3)6-8-16;1-2-6-4-7(3-1)5-6/h5-10,13-14H,4,11-12,26H2,1-3H3,(H,32,33)(H,27,28,30);1-4H,5H2. The van der Waals surface area contributed by atoms with Crippen LogP contribution in [-0.2, 0) is 16.8 Å². The van der Waals surface area contributed by atoms with Crippen molar-refractivity contribution in [2.75, 3.05) is 13.1 Å². The van der Waals surface area contributed by atoms with Crippen LogP contribution in [0.1, 0.15) is 53.1 Å². The van der Waals surface area contributed by atoms with Crippen LogP contribution in [0.4, 0.5) is 0 Å². The van der Waals surface area contributed by atoms with Crippen LogP contribution in [0.25, 0.3) is 10.9 Å². The van der Waals surface area contributed by atoms with Crippen LogP contribution in [-0.4, -0.2) is 44.9 Å². The number of carbonyl (C=O) groups excluding carboxylic acids is 1. The summed E-state index contributed by atoms with van der Waals surface area (Å²) in [5, 5.41) is 11.2. The lowest BCUT2D eigenvalue weighted by atomic mass is 9.82. The highest BCUT2D eigenvalue weighted by molar-refractivity contribution is 6.31. The fourth-order valence-corrected chi connectivity index (χ4v) is 5.13. The van der Waals surface area contributed by atoms with Gasteiger partial charge in [-0.2, -0.15) is 0 Å². The van der Waals surface area contributed by atoms with Crippen molar-refractivity contribution in [1.29, 1.82) is 0 Å². The molecule has 4 aromatic rings.